The molecule has 0 bridgehead atoms. The smallest absolute Gasteiger partial charge is 0.255 e. The molecule has 0 saturated carbocycles. The van der Waals surface area contributed by atoms with Gasteiger partial charge in [0.1, 0.15) is 5.75 Å². The average Bonchev–Trinajstić information content (AvgIpc) is 2.67. The molecule has 4 nitrogen and oxygen atoms in total. The summed E-state index contributed by atoms with van der Waals surface area (Å²) in [6, 6.07) is 17.1. The van der Waals surface area contributed by atoms with Crippen molar-refractivity contribution in [3.63, 3.8) is 0 Å². The van der Waals surface area contributed by atoms with Crippen LogP contribution in [0.1, 0.15) is 34.3 Å². The lowest BCUT2D eigenvalue weighted by molar-refractivity contribution is 0.0632. The van der Waals surface area contributed by atoms with Crippen LogP contribution >= 0.6 is 0 Å². The summed E-state index contributed by atoms with van der Waals surface area (Å²) < 4.78 is 5.96. The van der Waals surface area contributed by atoms with Gasteiger partial charge in [-0.3, -0.25) is 4.79 Å². The van der Waals surface area contributed by atoms with Crippen molar-refractivity contribution in [1.82, 2.24) is 4.90 Å². The number of ether oxygens (including phenoxy) is 1. The third kappa shape index (κ3) is 4.00. The number of amides is 1. The molecule has 1 aliphatic rings. The molecule has 3 rings (SSSR count). The fourth-order valence-electron chi connectivity index (χ4n) is 3.25. The molecule has 1 atom stereocenters. The maximum absolute atomic E-state index is 12.8. The minimum absolute atomic E-state index is 0.0576. The van der Waals surface area contributed by atoms with Gasteiger partial charge in [0.25, 0.3) is 5.91 Å². The minimum atomic E-state index is -0.0576. The number of nitriles is 1. The Balaban J connectivity index is 1.64. The van der Waals surface area contributed by atoms with Gasteiger partial charge in [-0.15, -0.1) is 0 Å². The zero-order chi connectivity index (χ0) is 17.6. The molecule has 0 spiro atoms. The first-order chi connectivity index (χ1) is 12.2. The maximum Gasteiger partial charge on any atom is 0.255 e. The van der Waals surface area contributed by atoms with Crippen LogP contribution in [0.5, 0.6) is 5.75 Å². The van der Waals surface area contributed by atoms with Gasteiger partial charge >= 0.3 is 0 Å². The zero-order valence-electron chi connectivity index (χ0n) is 14.4. The van der Waals surface area contributed by atoms with E-state index < -0.39 is 0 Å². The molecule has 1 heterocycles. The van der Waals surface area contributed by atoms with Gasteiger partial charge in [-0.05, 0) is 43.5 Å². The minimum Gasteiger partial charge on any atom is -0.493 e. The number of hydrogen-bond acceptors (Lipinski definition) is 3. The zero-order valence-corrected chi connectivity index (χ0v) is 14.4. The quantitative estimate of drug-likeness (QED) is 0.854. The van der Waals surface area contributed by atoms with Crippen molar-refractivity contribution in [3.05, 3.63) is 65.2 Å². The molecule has 1 saturated heterocycles. The number of para-hydroxylation sites is 1. The van der Waals surface area contributed by atoms with Gasteiger partial charge in [-0.1, -0.05) is 30.3 Å². The largest absolute Gasteiger partial charge is 0.493 e. The van der Waals surface area contributed by atoms with E-state index in [2.05, 4.69) is 6.07 Å². The molecule has 0 unspecified atom stereocenters. The molecular formula is C21H22N2O2. The second-order valence-electron chi connectivity index (χ2n) is 6.49. The number of piperidine rings is 1. The summed E-state index contributed by atoms with van der Waals surface area (Å²) in [6.45, 7) is 4.04. The summed E-state index contributed by atoms with van der Waals surface area (Å²) in [4.78, 5) is 14.6. The highest BCUT2D eigenvalue weighted by Gasteiger charge is 2.26. The van der Waals surface area contributed by atoms with Crippen LogP contribution in [0.15, 0.2) is 48.5 Å². The molecule has 0 aromatic heterocycles. The first kappa shape index (κ1) is 17.0. The molecular weight excluding hydrogens is 312 g/mol. The van der Waals surface area contributed by atoms with Crippen LogP contribution in [-0.2, 0) is 0 Å². The van der Waals surface area contributed by atoms with E-state index in [9.17, 15) is 10.1 Å². The Hall–Kier alpha value is -2.80. The first-order valence-electron chi connectivity index (χ1n) is 8.66. The number of rotatable bonds is 4. The summed E-state index contributed by atoms with van der Waals surface area (Å²) in [5.74, 6) is 1.16. The second kappa shape index (κ2) is 7.85. The molecule has 1 aliphatic heterocycles. The van der Waals surface area contributed by atoms with Crippen LogP contribution in [-0.4, -0.2) is 30.5 Å². The SMILES string of the molecule is Cc1ccccc1OC[C@H]1CCCN(C(=O)c2ccccc2C#N)C1. The van der Waals surface area contributed by atoms with Crippen LogP contribution in [0.25, 0.3) is 0 Å². The van der Waals surface area contributed by atoms with Crippen LogP contribution in [0.2, 0.25) is 0 Å². The molecule has 1 fully saturated rings. The second-order valence-corrected chi connectivity index (χ2v) is 6.49. The third-order valence-electron chi connectivity index (χ3n) is 4.65. The Morgan fingerprint density at radius 1 is 1.24 bits per heavy atom. The van der Waals surface area contributed by atoms with E-state index in [1.54, 1.807) is 24.3 Å². The van der Waals surface area contributed by atoms with Crippen molar-refractivity contribution in [2.45, 2.75) is 19.8 Å². The third-order valence-corrected chi connectivity index (χ3v) is 4.65. The summed E-state index contributed by atoms with van der Waals surface area (Å²) in [5.41, 5.74) is 2.05. The van der Waals surface area contributed by atoms with Crippen molar-refractivity contribution in [1.29, 1.82) is 5.26 Å². The predicted octanol–water partition coefficient (Wildman–Crippen LogP) is 3.80. The van der Waals surface area contributed by atoms with E-state index in [0.717, 1.165) is 30.7 Å². The van der Waals surface area contributed by atoms with Gasteiger partial charge in [-0.2, -0.15) is 5.26 Å². The standard InChI is InChI=1S/C21H22N2O2/c1-16-7-2-5-11-20(16)25-15-17-8-6-12-23(14-17)21(24)19-10-4-3-9-18(19)13-22/h2-5,7,9-11,17H,6,8,12,14-15H2,1H3/t17-/m0/s1. The maximum atomic E-state index is 12.8. The summed E-state index contributed by atoms with van der Waals surface area (Å²) in [7, 11) is 0. The van der Waals surface area contributed by atoms with E-state index in [1.807, 2.05) is 36.1 Å². The number of hydrogen-bond donors (Lipinski definition) is 0. The predicted molar refractivity (Wildman–Crippen MR) is 96.5 cm³/mol. The monoisotopic (exact) mass is 334 g/mol. The number of carbonyl (C=O) groups excluding carboxylic acids is 1. The van der Waals surface area contributed by atoms with Crippen LogP contribution in [0.4, 0.5) is 0 Å². The lowest BCUT2D eigenvalue weighted by atomic mass is 9.97. The summed E-state index contributed by atoms with van der Waals surface area (Å²) in [5, 5.41) is 9.21. The highest BCUT2D eigenvalue weighted by Crippen LogP contribution is 2.23. The van der Waals surface area contributed by atoms with Crippen molar-refractivity contribution in [3.8, 4) is 11.8 Å². The number of likely N-dealkylation sites (tertiary alicyclic amines) is 1. The highest BCUT2D eigenvalue weighted by molar-refractivity contribution is 5.96. The van der Waals surface area contributed by atoms with Crippen molar-refractivity contribution >= 4 is 5.91 Å². The fourth-order valence-corrected chi connectivity index (χ4v) is 3.25. The van der Waals surface area contributed by atoms with E-state index in [1.165, 1.54) is 0 Å². The molecule has 2 aromatic carbocycles. The van der Waals surface area contributed by atoms with E-state index in [0.29, 0.717) is 30.2 Å². The van der Waals surface area contributed by atoms with Crippen LogP contribution in [0.3, 0.4) is 0 Å². The van der Waals surface area contributed by atoms with Crippen molar-refractivity contribution in [2.75, 3.05) is 19.7 Å². The topological polar surface area (TPSA) is 53.3 Å². The molecule has 0 aliphatic carbocycles. The fraction of sp³-hybridized carbons (Fsp3) is 0.333. The van der Waals surface area contributed by atoms with Crippen molar-refractivity contribution < 1.29 is 9.53 Å². The lowest BCUT2D eigenvalue weighted by Crippen LogP contribution is -2.41. The summed E-state index contributed by atoms with van der Waals surface area (Å²) >= 11 is 0. The first-order valence-corrected chi connectivity index (χ1v) is 8.66. The van der Waals surface area contributed by atoms with Gasteiger partial charge in [-0.25, -0.2) is 0 Å². The Bertz CT molecular complexity index is 794. The van der Waals surface area contributed by atoms with Crippen LogP contribution < -0.4 is 4.74 Å². The van der Waals surface area contributed by atoms with Gasteiger partial charge in [0, 0.05) is 19.0 Å². The van der Waals surface area contributed by atoms with Gasteiger partial charge in [0.15, 0.2) is 0 Å². The number of carbonyl (C=O) groups is 1. The Kier molecular flexibility index (Phi) is 5.35. The molecule has 1 amide bonds. The van der Waals surface area contributed by atoms with Gasteiger partial charge in [0.2, 0.25) is 0 Å². The number of aryl methyl sites for hydroxylation is 1. The van der Waals surface area contributed by atoms with Gasteiger partial charge in [0.05, 0.1) is 23.8 Å². The van der Waals surface area contributed by atoms with E-state index in [-0.39, 0.29) is 5.91 Å². The van der Waals surface area contributed by atoms with E-state index >= 15 is 0 Å². The van der Waals surface area contributed by atoms with Crippen molar-refractivity contribution in [2.24, 2.45) is 5.92 Å². The Morgan fingerprint density at radius 2 is 2.00 bits per heavy atom. The Labute approximate surface area is 148 Å². The Morgan fingerprint density at radius 3 is 2.80 bits per heavy atom. The highest BCUT2D eigenvalue weighted by atomic mass is 16.5. The lowest BCUT2D eigenvalue weighted by Gasteiger charge is -2.33. The molecule has 0 N–H and O–H groups in total. The summed E-state index contributed by atoms with van der Waals surface area (Å²) in [6.07, 6.45) is 2.01. The average molecular weight is 334 g/mol. The molecule has 128 valence electrons. The molecule has 25 heavy (non-hydrogen) atoms. The number of benzene rings is 2. The van der Waals surface area contributed by atoms with Gasteiger partial charge < -0.3 is 9.64 Å². The number of nitrogens with zero attached hydrogens (tertiary/aromatic N) is 2. The van der Waals surface area contributed by atoms with E-state index in [4.69, 9.17) is 4.74 Å². The molecule has 4 heteroatoms. The van der Waals surface area contributed by atoms with Crippen LogP contribution in [0, 0.1) is 24.2 Å². The molecule has 2 aromatic rings. The normalized spacial score (nSPS) is 17.0. The molecule has 0 radical (unpaired) electrons.